The number of amides is 1. The highest BCUT2D eigenvalue weighted by Gasteiger charge is 2.47. The number of rotatable bonds is 6. The van der Waals surface area contributed by atoms with Gasteiger partial charge >= 0.3 is 0 Å². The minimum atomic E-state index is 0.0434. The molecular weight excluding hydrogens is 488 g/mol. The largest absolute Gasteiger partial charge is 0.494 e. The first kappa shape index (κ1) is 23.5. The zero-order valence-electron chi connectivity index (χ0n) is 22.6. The van der Waals surface area contributed by atoms with Gasteiger partial charge in [0.25, 0.3) is 5.91 Å². The SMILES string of the molecule is COc1cc(C(=O)N2C[C@H]3CC[C@@H]2[C@@H]3N)cc2nc(-c3cc4cccnc4n3CC3CC3)n(C3CCCC3)c12. The van der Waals surface area contributed by atoms with Gasteiger partial charge in [0, 0.05) is 48.4 Å². The summed E-state index contributed by atoms with van der Waals surface area (Å²) in [5.41, 5.74) is 11.0. The molecule has 39 heavy (non-hydrogen) atoms. The predicted molar refractivity (Wildman–Crippen MR) is 151 cm³/mol. The first-order valence-electron chi connectivity index (χ1n) is 14.7. The number of ether oxygens (including phenoxy) is 1. The van der Waals surface area contributed by atoms with Gasteiger partial charge in [-0.05, 0) is 80.7 Å². The number of hydrogen-bond donors (Lipinski definition) is 1. The fourth-order valence-electron chi connectivity index (χ4n) is 7.64. The van der Waals surface area contributed by atoms with E-state index in [4.69, 9.17) is 20.4 Å². The highest BCUT2D eigenvalue weighted by atomic mass is 16.5. The van der Waals surface area contributed by atoms with E-state index in [2.05, 4.69) is 21.3 Å². The van der Waals surface area contributed by atoms with Gasteiger partial charge < -0.3 is 24.5 Å². The van der Waals surface area contributed by atoms with Crippen LogP contribution in [-0.2, 0) is 6.54 Å². The average molecular weight is 525 g/mol. The van der Waals surface area contributed by atoms with Crippen LogP contribution in [0.15, 0.2) is 36.5 Å². The Hall–Kier alpha value is -3.39. The minimum Gasteiger partial charge on any atom is -0.494 e. The summed E-state index contributed by atoms with van der Waals surface area (Å²) in [5, 5.41) is 1.14. The van der Waals surface area contributed by atoms with Crippen molar-refractivity contribution in [1.82, 2.24) is 24.0 Å². The molecule has 1 saturated heterocycles. The molecule has 4 heterocycles. The highest BCUT2D eigenvalue weighted by molar-refractivity contribution is 6.00. The summed E-state index contributed by atoms with van der Waals surface area (Å²) in [7, 11) is 1.70. The Morgan fingerprint density at radius 2 is 1.95 bits per heavy atom. The molecule has 1 aliphatic heterocycles. The lowest BCUT2D eigenvalue weighted by molar-refractivity contribution is 0.0700. The number of carbonyl (C=O) groups excluding carboxylic acids is 1. The summed E-state index contributed by atoms with van der Waals surface area (Å²) in [6.45, 7) is 1.71. The summed E-state index contributed by atoms with van der Waals surface area (Å²) in [4.78, 5) is 25.8. The molecule has 2 N–H and O–H groups in total. The van der Waals surface area contributed by atoms with Gasteiger partial charge in [-0.25, -0.2) is 9.97 Å². The van der Waals surface area contributed by atoms with Crippen LogP contribution in [0.5, 0.6) is 5.75 Å². The van der Waals surface area contributed by atoms with Gasteiger partial charge in [-0.2, -0.15) is 0 Å². The number of pyridine rings is 1. The van der Waals surface area contributed by atoms with E-state index in [0.29, 0.717) is 23.4 Å². The molecule has 3 aromatic heterocycles. The topological polar surface area (TPSA) is 91.2 Å². The van der Waals surface area contributed by atoms with Gasteiger partial charge in [-0.3, -0.25) is 4.79 Å². The van der Waals surface area contributed by atoms with Crippen molar-refractivity contribution in [2.45, 2.75) is 76.0 Å². The molecule has 0 unspecified atom stereocenters. The van der Waals surface area contributed by atoms with E-state index in [0.717, 1.165) is 78.1 Å². The van der Waals surface area contributed by atoms with Crippen LogP contribution in [0.3, 0.4) is 0 Å². The van der Waals surface area contributed by atoms with Gasteiger partial charge in [0.05, 0.1) is 18.3 Å². The molecule has 0 radical (unpaired) electrons. The molecule has 4 aromatic rings. The molecule has 0 spiro atoms. The van der Waals surface area contributed by atoms with E-state index in [9.17, 15) is 4.79 Å². The number of fused-ring (bicyclic) bond motifs is 4. The third-order valence-electron chi connectivity index (χ3n) is 9.84. The zero-order valence-corrected chi connectivity index (χ0v) is 22.6. The molecule has 8 rings (SSSR count). The molecule has 8 heteroatoms. The number of nitrogens with two attached hydrogens (primary N) is 1. The smallest absolute Gasteiger partial charge is 0.254 e. The monoisotopic (exact) mass is 524 g/mol. The number of imidazole rings is 1. The van der Waals surface area contributed by atoms with E-state index >= 15 is 0 Å². The maximum atomic E-state index is 13.8. The number of carbonyl (C=O) groups is 1. The maximum Gasteiger partial charge on any atom is 0.254 e. The lowest BCUT2D eigenvalue weighted by Gasteiger charge is -2.27. The van der Waals surface area contributed by atoms with E-state index in [1.165, 1.54) is 25.7 Å². The van der Waals surface area contributed by atoms with Crippen molar-refractivity contribution in [3.8, 4) is 17.3 Å². The van der Waals surface area contributed by atoms with Gasteiger partial charge in [0.15, 0.2) is 5.82 Å². The fraction of sp³-hybridized carbons (Fsp3) is 0.516. The Labute approximate surface area is 228 Å². The van der Waals surface area contributed by atoms with Crippen LogP contribution in [0.2, 0.25) is 0 Å². The molecular formula is C31H36N6O2. The van der Waals surface area contributed by atoms with Crippen LogP contribution in [0.4, 0.5) is 0 Å². The minimum absolute atomic E-state index is 0.0434. The zero-order chi connectivity index (χ0) is 26.2. The normalized spacial score (nSPS) is 25.0. The van der Waals surface area contributed by atoms with E-state index in [1.54, 1.807) is 7.11 Å². The molecule has 3 saturated carbocycles. The number of piperidine rings is 1. The number of benzene rings is 1. The first-order valence-corrected chi connectivity index (χ1v) is 14.7. The molecule has 4 fully saturated rings. The number of nitrogens with zero attached hydrogens (tertiary/aromatic N) is 5. The lowest BCUT2D eigenvalue weighted by atomic mass is 10.1. The highest BCUT2D eigenvalue weighted by Crippen LogP contribution is 2.43. The average Bonchev–Trinajstić information content (AvgIpc) is 3.36. The molecule has 1 amide bonds. The van der Waals surface area contributed by atoms with Crippen LogP contribution in [-0.4, -0.2) is 55.6 Å². The van der Waals surface area contributed by atoms with Crippen molar-refractivity contribution in [1.29, 1.82) is 0 Å². The van der Waals surface area contributed by atoms with Gasteiger partial charge in [0.2, 0.25) is 0 Å². The third kappa shape index (κ3) is 3.64. The summed E-state index contributed by atoms with van der Waals surface area (Å²) in [5.74, 6) is 2.84. The standard InChI is InChI=1S/C31H36N6O2/c1-39-26-15-21(31(38)36-17-20-10-11-24(36)27(20)32)13-23-28(26)37(22-6-2-3-7-22)30(34-23)25-14-19-5-4-12-33-29(19)35(25)16-18-8-9-18/h4-5,12-15,18,20,22,24,27H,2-3,6-11,16-17,32H2,1H3/t20-,24-,27-/m1/s1. The van der Waals surface area contributed by atoms with Crippen molar-refractivity contribution in [3.63, 3.8) is 0 Å². The van der Waals surface area contributed by atoms with Crippen LogP contribution < -0.4 is 10.5 Å². The number of aromatic nitrogens is 4. The van der Waals surface area contributed by atoms with E-state index < -0.39 is 0 Å². The van der Waals surface area contributed by atoms with Crippen molar-refractivity contribution < 1.29 is 9.53 Å². The second-order valence-corrected chi connectivity index (χ2v) is 12.2. The van der Waals surface area contributed by atoms with Crippen molar-refractivity contribution in [2.75, 3.05) is 13.7 Å². The lowest BCUT2D eigenvalue weighted by Crippen LogP contribution is -2.41. The Morgan fingerprint density at radius 3 is 2.67 bits per heavy atom. The van der Waals surface area contributed by atoms with Gasteiger partial charge in [-0.15, -0.1) is 0 Å². The maximum absolute atomic E-state index is 13.8. The Morgan fingerprint density at radius 1 is 1.10 bits per heavy atom. The molecule has 3 aliphatic carbocycles. The van der Waals surface area contributed by atoms with Crippen molar-refractivity contribution >= 4 is 28.0 Å². The van der Waals surface area contributed by atoms with Crippen molar-refractivity contribution in [2.24, 2.45) is 17.6 Å². The summed E-state index contributed by atoms with van der Waals surface area (Å²) in [6.07, 6.45) is 11.2. The number of likely N-dealkylation sites (tertiary alicyclic amines) is 1. The van der Waals surface area contributed by atoms with Crippen molar-refractivity contribution in [3.05, 3.63) is 42.1 Å². The Kier molecular flexibility index (Phi) is 5.31. The summed E-state index contributed by atoms with van der Waals surface area (Å²) in [6, 6.07) is 10.9. The first-order chi connectivity index (χ1) is 19.1. The second-order valence-electron chi connectivity index (χ2n) is 12.2. The quantitative estimate of drug-likeness (QED) is 0.377. The van der Waals surface area contributed by atoms with Gasteiger partial charge in [-0.1, -0.05) is 12.8 Å². The third-order valence-corrected chi connectivity index (χ3v) is 9.84. The molecule has 202 valence electrons. The molecule has 4 aliphatic rings. The number of hydrogen-bond acceptors (Lipinski definition) is 5. The van der Waals surface area contributed by atoms with Crippen LogP contribution in [0, 0.1) is 11.8 Å². The fourth-order valence-corrected chi connectivity index (χ4v) is 7.64. The molecule has 8 nitrogen and oxygen atoms in total. The molecule has 2 bridgehead atoms. The Bertz CT molecular complexity index is 1590. The van der Waals surface area contributed by atoms with Crippen LogP contribution >= 0.6 is 0 Å². The predicted octanol–water partition coefficient (Wildman–Crippen LogP) is 5.15. The van der Waals surface area contributed by atoms with Crippen LogP contribution in [0.1, 0.15) is 67.8 Å². The molecule has 3 atom stereocenters. The summed E-state index contributed by atoms with van der Waals surface area (Å²) < 4.78 is 10.8. The number of methoxy groups -OCH3 is 1. The molecule has 1 aromatic carbocycles. The van der Waals surface area contributed by atoms with E-state index in [-0.39, 0.29) is 18.0 Å². The Balaban J connectivity index is 1.31. The van der Waals surface area contributed by atoms with Crippen LogP contribution in [0.25, 0.3) is 33.6 Å². The second kappa shape index (κ2) is 8.81. The van der Waals surface area contributed by atoms with Gasteiger partial charge in [0.1, 0.15) is 16.9 Å². The van der Waals surface area contributed by atoms with E-state index in [1.807, 2.05) is 29.3 Å². The summed E-state index contributed by atoms with van der Waals surface area (Å²) >= 11 is 0.